The van der Waals surface area contributed by atoms with E-state index in [1.54, 1.807) is 6.92 Å². The van der Waals surface area contributed by atoms with Crippen molar-refractivity contribution in [2.24, 2.45) is 7.05 Å². The van der Waals surface area contributed by atoms with Crippen molar-refractivity contribution in [1.82, 2.24) is 19.8 Å². The standard InChI is InChI=1S/C12H15FN4O2/c1-7(2)19-11-6-9(13)8(3)5-10(11)17-12(18)16(4)14-15-17/h5-7H,1-4H3. The van der Waals surface area contributed by atoms with Gasteiger partial charge in [-0.05, 0) is 42.8 Å². The molecule has 2 aromatic rings. The number of hydrogen-bond acceptors (Lipinski definition) is 4. The molecule has 1 heterocycles. The van der Waals surface area contributed by atoms with E-state index in [9.17, 15) is 9.18 Å². The van der Waals surface area contributed by atoms with Crippen molar-refractivity contribution in [3.8, 4) is 11.4 Å². The summed E-state index contributed by atoms with van der Waals surface area (Å²) in [5.41, 5.74) is 0.369. The molecule has 0 atom stereocenters. The summed E-state index contributed by atoms with van der Waals surface area (Å²) in [6.45, 7) is 5.25. The quantitative estimate of drug-likeness (QED) is 0.837. The molecule has 1 aromatic heterocycles. The number of rotatable bonds is 3. The highest BCUT2D eigenvalue weighted by Crippen LogP contribution is 2.25. The van der Waals surface area contributed by atoms with Gasteiger partial charge in [-0.2, -0.15) is 9.36 Å². The molecule has 0 fully saturated rings. The Balaban J connectivity index is 2.64. The molecule has 6 nitrogen and oxygen atoms in total. The number of benzene rings is 1. The first-order valence-electron chi connectivity index (χ1n) is 5.86. The number of halogens is 1. The van der Waals surface area contributed by atoms with Crippen LogP contribution in [0.4, 0.5) is 4.39 Å². The van der Waals surface area contributed by atoms with Crippen LogP contribution in [0.25, 0.3) is 5.69 Å². The second-order valence-corrected chi connectivity index (χ2v) is 4.53. The molecule has 0 amide bonds. The number of aromatic nitrogens is 4. The van der Waals surface area contributed by atoms with Crippen LogP contribution in [0, 0.1) is 12.7 Å². The number of ether oxygens (including phenoxy) is 1. The molecule has 0 bridgehead atoms. The first-order chi connectivity index (χ1) is 8.90. The maximum Gasteiger partial charge on any atom is 0.368 e. The topological polar surface area (TPSA) is 61.9 Å². The van der Waals surface area contributed by atoms with Crippen molar-refractivity contribution >= 4 is 0 Å². The molecule has 0 saturated carbocycles. The molecule has 0 N–H and O–H groups in total. The largest absolute Gasteiger partial charge is 0.489 e. The van der Waals surface area contributed by atoms with Crippen molar-refractivity contribution in [2.45, 2.75) is 26.9 Å². The molecule has 0 spiro atoms. The fourth-order valence-electron chi connectivity index (χ4n) is 1.63. The average molecular weight is 266 g/mol. The molecular weight excluding hydrogens is 251 g/mol. The Hall–Kier alpha value is -2.18. The molecule has 1 aromatic carbocycles. The zero-order valence-corrected chi connectivity index (χ0v) is 11.2. The highest BCUT2D eigenvalue weighted by atomic mass is 19.1. The molecule has 7 heteroatoms. The van der Waals surface area contributed by atoms with Crippen molar-refractivity contribution in [3.63, 3.8) is 0 Å². The third kappa shape index (κ3) is 2.49. The van der Waals surface area contributed by atoms with Gasteiger partial charge in [-0.15, -0.1) is 0 Å². The molecule has 0 aliphatic carbocycles. The van der Waals surface area contributed by atoms with Crippen LogP contribution in [0.1, 0.15) is 19.4 Å². The Labute approximate surface area is 109 Å². The minimum Gasteiger partial charge on any atom is -0.489 e. The molecule has 102 valence electrons. The Kier molecular flexibility index (Phi) is 3.37. The van der Waals surface area contributed by atoms with E-state index in [0.29, 0.717) is 11.3 Å². The van der Waals surface area contributed by atoms with E-state index in [2.05, 4.69) is 10.4 Å². The third-order valence-corrected chi connectivity index (χ3v) is 2.55. The van der Waals surface area contributed by atoms with Gasteiger partial charge >= 0.3 is 5.69 Å². The first kappa shape index (κ1) is 13.3. The normalized spacial score (nSPS) is 11.1. The van der Waals surface area contributed by atoms with E-state index < -0.39 is 11.5 Å². The fraction of sp³-hybridized carbons (Fsp3) is 0.417. The van der Waals surface area contributed by atoms with Gasteiger partial charge in [0.05, 0.1) is 6.10 Å². The Morgan fingerprint density at radius 2 is 2.00 bits per heavy atom. The van der Waals surface area contributed by atoms with Gasteiger partial charge in [0, 0.05) is 13.1 Å². The van der Waals surface area contributed by atoms with Gasteiger partial charge in [0.15, 0.2) is 0 Å². The summed E-state index contributed by atoms with van der Waals surface area (Å²) in [6.07, 6.45) is -0.145. The second-order valence-electron chi connectivity index (χ2n) is 4.53. The van der Waals surface area contributed by atoms with E-state index >= 15 is 0 Å². The number of aryl methyl sites for hydroxylation is 2. The summed E-state index contributed by atoms with van der Waals surface area (Å²) in [5.74, 6) is -0.128. The Morgan fingerprint density at radius 1 is 1.32 bits per heavy atom. The van der Waals surface area contributed by atoms with Crippen LogP contribution in [0.5, 0.6) is 5.75 Å². The minimum atomic E-state index is -0.417. The van der Waals surface area contributed by atoms with Crippen LogP contribution in [0.15, 0.2) is 16.9 Å². The van der Waals surface area contributed by atoms with Crippen molar-refractivity contribution in [1.29, 1.82) is 0 Å². The summed E-state index contributed by atoms with van der Waals surface area (Å²) < 4.78 is 21.3. The first-order valence-corrected chi connectivity index (χ1v) is 5.86. The summed E-state index contributed by atoms with van der Waals surface area (Å²) in [7, 11) is 1.49. The number of tetrazole rings is 1. The highest BCUT2D eigenvalue weighted by Gasteiger charge is 2.16. The second kappa shape index (κ2) is 4.83. The summed E-state index contributed by atoms with van der Waals surface area (Å²) in [6, 6.07) is 2.77. The fourth-order valence-corrected chi connectivity index (χ4v) is 1.63. The van der Waals surface area contributed by atoms with Crippen LogP contribution in [0.3, 0.4) is 0 Å². The maximum absolute atomic E-state index is 13.6. The third-order valence-electron chi connectivity index (χ3n) is 2.55. The van der Waals surface area contributed by atoms with Gasteiger partial charge in [-0.1, -0.05) is 0 Å². The van der Waals surface area contributed by atoms with Crippen LogP contribution in [-0.2, 0) is 7.05 Å². The van der Waals surface area contributed by atoms with Gasteiger partial charge < -0.3 is 4.74 Å². The van der Waals surface area contributed by atoms with Crippen LogP contribution >= 0.6 is 0 Å². The molecule has 19 heavy (non-hydrogen) atoms. The van der Waals surface area contributed by atoms with Gasteiger partial charge in [-0.25, -0.2) is 9.18 Å². The molecule has 0 aliphatic heterocycles. The van der Waals surface area contributed by atoms with E-state index in [1.165, 1.54) is 19.2 Å². The lowest BCUT2D eigenvalue weighted by Crippen LogP contribution is -2.23. The maximum atomic E-state index is 13.6. The summed E-state index contributed by atoms with van der Waals surface area (Å²) >= 11 is 0. The van der Waals surface area contributed by atoms with Gasteiger partial charge in [0.25, 0.3) is 0 Å². The smallest absolute Gasteiger partial charge is 0.368 e. The van der Waals surface area contributed by atoms with Gasteiger partial charge in [0.1, 0.15) is 17.3 Å². The monoisotopic (exact) mass is 266 g/mol. The minimum absolute atomic E-state index is 0.145. The Morgan fingerprint density at radius 3 is 2.53 bits per heavy atom. The van der Waals surface area contributed by atoms with Crippen molar-refractivity contribution < 1.29 is 9.13 Å². The lowest BCUT2D eigenvalue weighted by atomic mass is 10.2. The lowest BCUT2D eigenvalue weighted by Gasteiger charge is -2.14. The van der Waals surface area contributed by atoms with E-state index in [0.717, 1.165) is 9.36 Å². The van der Waals surface area contributed by atoms with Crippen LogP contribution in [-0.4, -0.2) is 25.9 Å². The molecule has 0 radical (unpaired) electrons. The van der Waals surface area contributed by atoms with Gasteiger partial charge in [-0.3, -0.25) is 0 Å². The zero-order valence-electron chi connectivity index (χ0n) is 11.2. The molecule has 0 saturated heterocycles. The molecule has 0 aliphatic rings. The zero-order chi connectivity index (χ0) is 14.2. The molecule has 0 unspecified atom stereocenters. The summed E-state index contributed by atoms with van der Waals surface area (Å²) in [5, 5.41) is 7.37. The van der Waals surface area contributed by atoms with Crippen LogP contribution < -0.4 is 10.4 Å². The predicted octanol–water partition coefficient (Wildman–Crippen LogP) is 1.20. The lowest BCUT2D eigenvalue weighted by molar-refractivity contribution is 0.240. The van der Waals surface area contributed by atoms with E-state index in [-0.39, 0.29) is 11.9 Å². The molecule has 2 rings (SSSR count). The van der Waals surface area contributed by atoms with Crippen molar-refractivity contribution in [2.75, 3.05) is 0 Å². The summed E-state index contributed by atoms with van der Waals surface area (Å²) in [4.78, 5) is 11.9. The number of nitrogens with zero attached hydrogens (tertiary/aromatic N) is 4. The Bertz CT molecular complexity index is 660. The SMILES string of the molecule is Cc1cc(-n2nnn(C)c2=O)c(OC(C)C)cc1F. The highest BCUT2D eigenvalue weighted by molar-refractivity contribution is 5.48. The average Bonchev–Trinajstić information content (AvgIpc) is 2.64. The van der Waals surface area contributed by atoms with Crippen LogP contribution in [0.2, 0.25) is 0 Å². The van der Waals surface area contributed by atoms with Crippen molar-refractivity contribution in [3.05, 3.63) is 34.0 Å². The molecular formula is C12H15FN4O2. The van der Waals surface area contributed by atoms with E-state index in [1.807, 2.05) is 13.8 Å². The van der Waals surface area contributed by atoms with E-state index in [4.69, 9.17) is 4.74 Å². The van der Waals surface area contributed by atoms with Gasteiger partial charge in [0.2, 0.25) is 0 Å². The number of hydrogen-bond donors (Lipinski definition) is 0. The predicted molar refractivity (Wildman–Crippen MR) is 67.1 cm³/mol.